The van der Waals surface area contributed by atoms with Crippen LogP contribution in [0.1, 0.15) is 17.3 Å². The molecule has 1 aromatic carbocycles. The van der Waals surface area contributed by atoms with Crippen LogP contribution in [0.4, 0.5) is 0 Å². The Morgan fingerprint density at radius 2 is 2.04 bits per heavy atom. The van der Waals surface area contributed by atoms with Gasteiger partial charge >= 0.3 is 0 Å². The van der Waals surface area contributed by atoms with Gasteiger partial charge in [0, 0.05) is 44.3 Å². The van der Waals surface area contributed by atoms with E-state index in [1.165, 1.54) is 0 Å². The topological polar surface area (TPSA) is 72.3 Å². The lowest BCUT2D eigenvalue weighted by atomic mass is 10.1. The second kappa shape index (κ2) is 8.08. The molecule has 0 bridgehead atoms. The summed E-state index contributed by atoms with van der Waals surface area (Å²) >= 11 is 0. The predicted octanol–water partition coefficient (Wildman–Crippen LogP) is 2.09. The number of nitrogens with one attached hydrogen (secondary N) is 1. The van der Waals surface area contributed by atoms with E-state index in [4.69, 9.17) is 9.72 Å². The van der Waals surface area contributed by atoms with Crippen molar-refractivity contribution in [2.75, 3.05) is 32.8 Å². The number of pyridine rings is 1. The number of para-hydroxylation sites is 1. The van der Waals surface area contributed by atoms with Gasteiger partial charge in [0.2, 0.25) is 0 Å². The van der Waals surface area contributed by atoms with E-state index < -0.39 is 0 Å². The van der Waals surface area contributed by atoms with Crippen molar-refractivity contribution < 1.29 is 9.53 Å². The Balaban J connectivity index is 1.61. The van der Waals surface area contributed by atoms with Gasteiger partial charge in [-0.3, -0.25) is 14.4 Å². The maximum Gasteiger partial charge on any atom is 0.252 e. The maximum absolute atomic E-state index is 13.1. The van der Waals surface area contributed by atoms with Crippen molar-refractivity contribution in [2.45, 2.75) is 13.0 Å². The van der Waals surface area contributed by atoms with Gasteiger partial charge in [0.15, 0.2) is 0 Å². The third-order valence-corrected chi connectivity index (χ3v) is 5.06. The normalized spacial score (nSPS) is 16.2. The lowest BCUT2D eigenvalue weighted by Gasteiger charge is -2.29. The molecule has 1 saturated heterocycles. The van der Waals surface area contributed by atoms with Crippen LogP contribution in [0.2, 0.25) is 0 Å². The summed E-state index contributed by atoms with van der Waals surface area (Å²) in [5, 5.41) is 8.22. The molecule has 1 fully saturated rings. The van der Waals surface area contributed by atoms with Crippen molar-refractivity contribution in [3.05, 3.63) is 48.2 Å². The number of ether oxygens (including phenoxy) is 1. The van der Waals surface area contributed by atoms with E-state index in [1.807, 2.05) is 50.4 Å². The number of hydrogen-bond acceptors (Lipinski definition) is 5. The lowest BCUT2D eigenvalue weighted by molar-refractivity contribution is 0.0342. The molecule has 0 saturated carbocycles. The molecule has 1 unspecified atom stereocenters. The molecule has 7 heteroatoms. The summed E-state index contributed by atoms with van der Waals surface area (Å²) in [4.78, 5) is 20.2. The number of rotatable bonds is 5. The Morgan fingerprint density at radius 1 is 1.25 bits per heavy atom. The molecular weight excluding hydrogens is 354 g/mol. The van der Waals surface area contributed by atoms with Crippen molar-refractivity contribution in [2.24, 2.45) is 7.05 Å². The molecule has 0 spiro atoms. The second-order valence-electron chi connectivity index (χ2n) is 7.20. The molecule has 28 heavy (non-hydrogen) atoms. The smallest absolute Gasteiger partial charge is 0.252 e. The first-order valence-corrected chi connectivity index (χ1v) is 9.61. The minimum absolute atomic E-state index is 0.0395. The maximum atomic E-state index is 13.1. The minimum atomic E-state index is -0.0808. The highest BCUT2D eigenvalue weighted by Gasteiger charge is 2.19. The van der Waals surface area contributed by atoms with Gasteiger partial charge in [-0.25, -0.2) is 4.98 Å². The molecule has 1 atom stereocenters. The van der Waals surface area contributed by atoms with E-state index in [0.717, 1.165) is 55.1 Å². The highest BCUT2D eigenvalue weighted by Crippen LogP contribution is 2.24. The van der Waals surface area contributed by atoms with Crippen LogP contribution in [-0.4, -0.2) is 64.5 Å². The van der Waals surface area contributed by atoms with Crippen LogP contribution in [0.3, 0.4) is 0 Å². The number of aromatic nitrogens is 3. The molecule has 1 amide bonds. The van der Waals surface area contributed by atoms with Gasteiger partial charge in [-0.2, -0.15) is 5.10 Å². The Labute approximate surface area is 164 Å². The molecule has 0 aliphatic carbocycles. The largest absolute Gasteiger partial charge is 0.379 e. The first kappa shape index (κ1) is 18.6. The van der Waals surface area contributed by atoms with Gasteiger partial charge in [-0.05, 0) is 25.1 Å². The number of aryl methyl sites for hydroxylation is 1. The van der Waals surface area contributed by atoms with E-state index >= 15 is 0 Å². The summed E-state index contributed by atoms with van der Waals surface area (Å²) < 4.78 is 7.16. The van der Waals surface area contributed by atoms with Crippen LogP contribution in [0, 0.1) is 0 Å². The predicted molar refractivity (Wildman–Crippen MR) is 108 cm³/mol. The summed E-state index contributed by atoms with van der Waals surface area (Å²) in [6.45, 7) is 6.17. The van der Waals surface area contributed by atoms with Crippen molar-refractivity contribution in [1.29, 1.82) is 0 Å². The number of hydrogen-bond donors (Lipinski definition) is 1. The van der Waals surface area contributed by atoms with Crippen molar-refractivity contribution >= 4 is 16.8 Å². The van der Waals surface area contributed by atoms with Crippen LogP contribution in [0.15, 0.2) is 42.6 Å². The zero-order chi connectivity index (χ0) is 19.5. The van der Waals surface area contributed by atoms with Gasteiger partial charge in [-0.15, -0.1) is 0 Å². The molecule has 2 aromatic heterocycles. The quantitative estimate of drug-likeness (QED) is 0.735. The van der Waals surface area contributed by atoms with Gasteiger partial charge in [0.05, 0.1) is 35.7 Å². The molecule has 7 nitrogen and oxygen atoms in total. The Hall–Kier alpha value is -2.77. The van der Waals surface area contributed by atoms with E-state index in [2.05, 4.69) is 15.3 Å². The highest BCUT2D eigenvalue weighted by atomic mass is 16.5. The van der Waals surface area contributed by atoms with Crippen LogP contribution in [0.25, 0.3) is 22.3 Å². The van der Waals surface area contributed by atoms with Gasteiger partial charge < -0.3 is 10.1 Å². The summed E-state index contributed by atoms with van der Waals surface area (Å²) in [6, 6.07) is 11.5. The second-order valence-corrected chi connectivity index (χ2v) is 7.20. The fourth-order valence-electron chi connectivity index (χ4n) is 3.64. The third kappa shape index (κ3) is 3.90. The Bertz CT molecular complexity index is 978. The van der Waals surface area contributed by atoms with Crippen LogP contribution >= 0.6 is 0 Å². The van der Waals surface area contributed by atoms with Crippen LogP contribution < -0.4 is 5.32 Å². The zero-order valence-corrected chi connectivity index (χ0v) is 16.3. The SMILES string of the molecule is CC(CN1CCOCC1)NC(=O)c1cc(-c2ccnn2C)nc2ccccc12. The highest BCUT2D eigenvalue weighted by molar-refractivity contribution is 6.07. The summed E-state index contributed by atoms with van der Waals surface area (Å²) in [7, 11) is 1.87. The number of carbonyl (C=O) groups is 1. The minimum Gasteiger partial charge on any atom is -0.379 e. The lowest BCUT2D eigenvalue weighted by Crippen LogP contribution is -2.46. The van der Waals surface area contributed by atoms with Gasteiger partial charge in [0.1, 0.15) is 0 Å². The van der Waals surface area contributed by atoms with Crippen LogP contribution in [0.5, 0.6) is 0 Å². The van der Waals surface area contributed by atoms with Gasteiger partial charge in [0.25, 0.3) is 5.91 Å². The number of morpholine rings is 1. The molecular formula is C21H25N5O2. The van der Waals surface area contributed by atoms with E-state index in [-0.39, 0.29) is 11.9 Å². The molecule has 1 aliphatic heterocycles. The summed E-state index contributed by atoms with van der Waals surface area (Å²) in [5.41, 5.74) is 3.05. The standard InChI is InChI=1S/C21H25N5O2/c1-15(14-26-9-11-28-12-10-26)23-21(27)17-13-19(20-7-8-22-25(20)2)24-18-6-4-3-5-16(17)18/h3-8,13,15H,9-12,14H2,1-2H3,(H,23,27). The molecule has 4 rings (SSSR count). The monoisotopic (exact) mass is 379 g/mol. The average molecular weight is 379 g/mol. The molecule has 1 aliphatic rings. The molecule has 3 heterocycles. The zero-order valence-electron chi connectivity index (χ0n) is 16.3. The van der Waals surface area contributed by atoms with E-state index in [9.17, 15) is 4.79 Å². The number of carbonyl (C=O) groups excluding carboxylic acids is 1. The molecule has 1 N–H and O–H groups in total. The Morgan fingerprint density at radius 3 is 2.79 bits per heavy atom. The van der Waals surface area contributed by atoms with Crippen LogP contribution in [-0.2, 0) is 11.8 Å². The van der Waals surface area contributed by atoms with Crippen molar-refractivity contribution in [1.82, 2.24) is 25.0 Å². The number of amides is 1. The summed E-state index contributed by atoms with van der Waals surface area (Å²) in [5.74, 6) is -0.0808. The van der Waals surface area contributed by atoms with Gasteiger partial charge in [-0.1, -0.05) is 18.2 Å². The molecule has 3 aromatic rings. The Kier molecular flexibility index (Phi) is 5.36. The van der Waals surface area contributed by atoms with E-state index in [1.54, 1.807) is 10.9 Å². The number of nitrogens with zero attached hydrogens (tertiary/aromatic N) is 4. The van der Waals surface area contributed by atoms with Crippen molar-refractivity contribution in [3.63, 3.8) is 0 Å². The first-order chi connectivity index (χ1) is 13.6. The van der Waals surface area contributed by atoms with Crippen molar-refractivity contribution in [3.8, 4) is 11.4 Å². The molecule has 146 valence electrons. The average Bonchev–Trinajstić information content (AvgIpc) is 3.13. The van der Waals surface area contributed by atoms with E-state index in [0.29, 0.717) is 5.56 Å². The number of benzene rings is 1. The number of fused-ring (bicyclic) bond motifs is 1. The third-order valence-electron chi connectivity index (χ3n) is 5.06. The fraction of sp³-hybridized carbons (Fsp3) is 0.381. The fourth-order valence-corrected chi connectivity index (χ4v) is 3.64. The molecule has 0 radical (unpaired) electrons. The first-order valence-electron chi connectivity index (χ1n) is 9.61. The summed E-state index contributed by atoms with van der Waals surface area (Å²) in [6.07, 6.45) is 1.73.